The zero-order valence-corrected chi connectivity index (χ0v) is 24.8. The van der Waals surface area contributed by atoms with Crippen molar-refractivity contribution in [2.24, 2.45) is 4.99 Å². The second-order valence-electron chi connectivity index (χ2n) is 12.2. The molecule has 1 N–H and O–H groups in total. The highest BCUT2D eigenvalue weighted by atomic mass is 16.6. The number of piperidine rings is 1. The SMILES string of the molecule is CC(C)N1CCC[C@](O)(c2ccc(-c3ccc4c(c3)C(N3CC/C=C(\C(=O)OC5COC5)CCC3)=CC=NC4)nc2)C1. The van der Waals surface area contributed by atoms with E-state index >= 15 is 0 Å². The number of likely N-dealkylation sites (tertiary alicyclic amines) is 1. The molecule has 2 saturated heterocycles. The Balaban J connectivity index is 1.19. The van der Waals surface area contributed by atoms with Crippen molar-refractivity contribution in [3.05, 3.63) is 70.9 Å². The molecule has 1 aromatic heterocycles. The number of ether oxygens (including phenoxy) is 2. The number of aliphatic hydroxyl groups is 1. The van der Waals surface area contributed by atoms with Gasteiger partial charge in [0, 0.05) is 66.0 Å². The minimum Gasteiger partial charge on any atom is -0.454 e. The van der Waals surface area contributed by atoms with Crippen molar-refractivity contribution in [3.63, 3.8) is 0 Å². The summed E-state index contributed by atoms with van der Waals surface area (Å²) in [7, 11) is 0. The lowest BCUT2D eigenvalue weighted by Gasteiger charge is -2.41. The number of β-amino-alcohol motifs (C(OH)–C–C–N with tert-alkyl or cyclic N) is 1. The smallest absolute Gasteiger partial charge is 0.334 e. The molecule has 0 amide bonds. The molecule has 1 aromatic carbocycles. The molecule has 2 fully saturated rings. The Morgan fingerprint density at radius 3 is 2.79 bits per heavy atom. The van der Waals surface area contributed by atoms with E-state index in [0.29, 0.717) is 38.8 Å². The van der Waals surface area contributed by atoms with Crippen LogP contribution in [0.2, 0.25) is 0 Å². The number of rotatable bonds is 6. The van der Waals surface area contributed by atoms with Gasteiger partial charge in [-0.3, -0.25) is 14.9 Å². The van der Waals surface area contributed by atoms with Crippen LogP contribution in [0, 0.1) is 0 Å². The zero-order valence-electron chi connectivity index (χ0n) is 24.8. The topological polar surface area (TPSA) is 87.5 Å². The van der Waals surface area contributed by atoms with Gasteiger partial charge >= 0.3 is 5.97 Å². The van der Waals surface area contributed by atoms with Crippen LogP contribution < -0.4 is 0 Å². The molecule has 4 aliphatic rings. The molecule has 4 aliphatic heterocycles. The highest BCUT2D eigenvalue weighted by molar-refractivity contribution is 5.89. The molecule has 0 saturated carbocycles. The van der Waals surface area contributed by atoms with E-state index in [0.717, 1.165) is 73.4 Å². The Hall–Kier alpha value is -3.33. The minimum absolute atomic E-state index is 0.0978. The molecule has 1 atom stereocenters. The number of benzene rings is 1. The second kappa shape index (κ2) is 12.5. The van der Waals surface area contributed by atoms with Crippen molar-refractivity contribution >= 4 is 17.9 Å². The normalized spacial score (nSPS) is 24.9. The van der Waals surface area contributed by atoms with Crippen molar-refractivity contribution < 1.29 is 19.4 Å². The molecular weight excluding hydrogens is 528 g/mol. The first-order chi connectivity index (χ1) is 20.4. The lowest BCUT2D eigenvalue weighted by Crippen LogP contribution is -2.48. The summed E-state index contributed by atoms with van der Waals surface area (Å²) >= 11 is 0. The molecule has 0 radical (unpaired) electrons. The molecule has 6 rings (SSSR count). The van der Waals surface area contributed by atoms with E-state index in [1.165, 1.54) is 11.1 Å². The Labute approximate surface area is 248 Å². The average molecular weight is 571 g/mol. The fraction of sp³-hybridized carbons (Fsp3) is 0.500. The fourth-order valence-electron chi connectivity index (χ4n) is 6.34. The third kappa shape index (κ3) is 6.21. The van der Waals surface area contributed by atoms with Crippen LogP contribution in [0.4, 0.5) is 0 Å². The first kappa shape index (κ1) is 28.8. The lowest BCUT2D eigenvalue weighted by atomic mass is 9.86. The molecule has 0 unspecified atom stereocenters. The minimum atomic E-state index is -0.864. The predicted molar refractivity (Wildman–Crippen MR) is 164 cm³/mol. The summed E-state index contributed by atoms with van der Waals surface area (Å²) in [4.78, 5) is 26.8. The van der Waals surface area contributed by atoms with E-state index in [4.69, 9.17) is 14.5 Å². The van der Waals surface area contributed by atoms with Crippen LogP contribution in [0.15, 0.2) is 59.2 Å². The van der Waals surface area contributed by atoms with E-state index in [2.05, 4.69) is 52.9 Å². The van der Waals surface area contributed by atoms with Crippen molar-refractivity contribution in [2.75, 3.05) is 39.4 Å². The summed E-state index contributed by atoms with van der Waals surface area (Å²) in [6.45, 7) is 9.33. The number of allylic oxidation sites excluding steroid dienone is 1. The number of pyridine rings is 1. The van der Waals surface area contributed by atoms with Gasteiger partial charge in [0.05, 0.1) is 25.5 Å². The number of aliphatic imine (C=N–C) groups is 1. The van der Waals surface area contributed by atoms with Gasteiger partial charge in [-0.15, -0.1) is 0 Å². The number of nitrogens with zero attached hydrogens (tertiary/aromatic N) is 4. The van der Waals surface area contributed by atoms with Crippen LogP contribution in [0.3, 0.4) is 0 Å². The highest BCUT2D eigenvalue weighted by Crippen LogP contribution is 2.34. The number of hydrogen-bond donors (Lipinski definition) is 1. The molecule has 0 bridgehead atoms. The average Bonchev–Trinajstić information content (AvgIpc) is 3.17. The van der Waals surface area contributed by atoms with Crippen LogP contribution in [-0.2, 0) is 26.4 Å². The maximum Gasteiger partial charge on any atom is 0.334 e. The Kier molecular flexibility index (Phi) is 8.56. The molecular formula is C34H42N4O4. The molecule has 222 valence electrons. The number of fused-ring (bicyclic) bond motifs is 1. The second-order valence-corrected chi connectivity index (χ2v) is 12.2. The van der Waals surface area contributed by atoms with E-state index in [9.17, 15) is 9.90 Å². The Morgan fingerprint density at radius 1 is 1.14 bits per heavy atom. The van der Waals surface area contributed by atoms with E-state index in [1.807, 2.05) is 30.6 Å². The fourth-order valence-corrected chi connectivity index (χ4v) is 6.34. The number of hydrogen-bond acceptors (Lipinski definition) is 8. The zero-order chi connectivity index (χ0) is 29.1. The third-order valence-electron chi connectivity index (χ3n) is 8.96. The first-order valence-electron chi connectivity index (χ1n) is 15.4. The van der Waals surface area contributed by atoms with Crippen molar-refractivity contribution in [1.29, 1.82) is 0 Å². The first-order valence-corrected chi connectivity index (χ1v) is 15.4. The number of carbonyl (C=O) groups is 1. The van der Waals surface area contributed by atoms with Gasteiger partial charge in [0.25, 0.3) is 0 Å². The molecule has 5 heterocycles. The monoisotopic (exact) mass is 570 g/mol. The highest BCUT2D eigenvalue weighted by Gasteiger charge is 2.36. The van der Waals surface area contributed by atoms with Gasteiger partial charge in [-0.25, -0.2) is 4.79 Å². The number of aromatic nitrogens is 1. The summed E-state index contributed by atoms with van der Waals surface area (Å²) in [6.07, 6.45) is 11.9. The standard InChI is InChI=1S/C34H42N4O4/c1-24(2)38-17-5-13-34(40,23-38)28-10-11-31(36-20-28)26-8-9-27-19-35-14-12-32(30(27)18-26)37-15-3-6-25(7-4-16-37)33(39)42-29-21-41-22-29/h6,8-12,14,18,20,24,29,40H,3-5,7,13,15-17,19,21-23H2,1-2H3/b25-6-/t34-/m1/s1. The molecule has 0 aliphatic carbocycles. The van der Waals surface area contributed by atoms with Crippen LogP contribution in [0.25, 0.3) is 17.0 Å². The predicted octanol–water partition coefficient (Wildman–Crippen LogP) is 4.72. The van der Waals surface area contributed by atoms with E-state index in [1.54, 1.807) is 0 Å². The summed E-state index contributed by atoms with van der Waals surface area (Å²) in [5.41, 5.74) is 6.25. The van der Waals surface area contributed by atoms with Crippen LogP contribution >= 0.6 is 0 Å². The van der Waals surface area contributed by atoms with Gasteiger partial charge in [0.2, 0.25) is 0 Å². The summed E-state index contributed by atoms with van der Waals surface area (Å²) in [6, 6.07) is 11.0. The number of carbonyl (C=O) groups excluding carboxylic acids is 1. The van der Waals surface area contributed by atoms with Gasteiger partial charge < -0.3 is 19.5 Å². The Bertz CT molecular complexity index is 1380. The van der Waals surface area contributed by atoms with E-state index < -0.39 is 5.60 Å². The van der Waals surface area contributed by atoms with Crippen LogP contribution in [0.1, 0.15) is 62.6 Å². The summed E-state index contributed by atoms with van der Waals surface area (Å²) < 4.78 is 10.7. The summed E-state index contributed by atoms with van der Waals surface area (Å²) in [5.74, 6) is -0.195. The molecule has 0 spiro atoms. The maximum absolute atomic E-state index is 12.6. The molecule has 8 heteroatoms. The van der Waals surface area contributed by atoms with Crippen LogP contribution in [-0.4, -0.2) is 83.6 Å². The number of esters is 1. The largest absolute Gasteiger partial charge is 0.454 e. The summed E-state index contributed by atoms with van der Waals surface area (Å²) in [5, 5.41) is 11.5. The van der Waals surface area contributed by atoms with Crippen LogP contribution in [0.5, 0.6) is 0 Å². The Morgan fingerprint density at radius 2 is 2.02 bits per heavy atom. The lowest BCUT2D eigenvalue weighted by molar-refractivity contribution is -0.167. The molecule has 42 heavy (non-hydrogen) atoms. The maximum atomic E-state index is 12.6. The van der Waals surface area contributed by atoms with Gasteiger partial charge in [0.1, 0.15) is 11.7 Å². The molecule has 2 aromatic rings. The van der Waals surface area contributed by atoms with Gasteiger partial charge in [0.15, 0.2) is 0 Å². The van der Waals surface area contributed by atoms with Crippen molar-refractivity contribution in [2.45, 2.75) is 70.2 Å². The van der Waals surface area contributed by atoms with Crippen molar-refractivity contribution in [1.82, 2.24) is 14.8 Å². The van der Waals surface area contributed by atoms with Gasteiger partial charge in [-0.2, -0.15) is 0 Å². The van der Waals surface area contributed by atoms with Crippen molar-refractivity contribution in [3.8, 4) is 11.3 Å². The quantitative estimate of drug-likeness (QED) is 0.503. The van der Waals surface area contributed by atoms with Gasteiger partial charge in [-0.05, 0) is 76.3 Å². The molecule has 8 nitrogen and oxygen atoms in total. The third-order valence-corrected chi connectivity index (χ3v) is 8.96. The van der Waals surface area contributed by atoms with E-state index in [-0.39, 0.29) is 12.1 Å². The van der Waals surface area contributed by atoms with Gasteiger partial charge in [-0.1, -0.05) is 24.3 Å².